The van der Waals surface area contributed by atoms with E-state index in [-0.39, 0.29) is 0 Å². The summed E-state index contributed by atoms with van der Waals surface area (Å²) in [4.78, 5) is 0. The highest BCUT2D eigenvalue weighted by Crippen LogP contribution is 2.37. The molecule has 0 saturated heterocycles. The van der Waals surface area contributed by atoms with Crippen LogP contribution in [0.5, 0.6) is 0 Å². The third-order valence-electron chi connectivity index (χ3n) is 6.76. The summed E-state index contributed by atoms with van der Waals surface area (Å²) in [5.74, 6) is 0. The Morgan fingerprint density at radius 2 is 0.815 bits per heavy atom. The van der Waals surface area contributed by atoms with E-state index in [0.29, 0.717) is 0 Å². The molecule has 0 aromatic rings. The summed E-state index contributed by atoms with van der Waals surface area (Å²) in [5, 5.41) is 0. The number of hydrogen-bond donors (Lipinski definition) is 0. The molecule has 0 spiro atoms. The molecule has 0 aliphatic rings. The van der Waals surface area contributed by atoms with Crippen LogP contribution in [0.1, 0.15) is 137 Å². The zero-order valence-corrected chi connectivity index (χ0v) is 21.1. The van der Waals surface area contributed by atoms with Crippen molar-refractivity contribution in [2.45, 2.75) is 154 Å². The molecule has 2 heteroatoms. The van der Waals surface area contributed by atoms with Crippen LogP contribution in [-0.2, 0) is 4.43 Å². The zero-order valence-electron chi connectivity index (χ0n) is 20.1. The van der Waals surface area contributed by atoms with Crippen LogP contribution in [-0.4, -0.2) is 15.4 Å². The van der Waals surface area contributed by atoms with E-state index in [0.717, 1.165) is 11.1 Å². The number of rotatable bonds is 20. The Morgan fingerprint density at radius 3 is 1.07 bits per heavy atom. The van der Waals surface area contributed by atoms with Crippen molar-refractivity contribution in [2.24, 2.45) is 0 Å². The molecular formula is C25H54OSi. The van der Waals surface area contributed by atoms with Gasteiger partial charge in [-0.15, -0.1) is 0 Å². The third kappa shape index (κ3) is 13.1. The lowest BCUT2D eigenvalue weighted by atomic mass is 10.0. The van der Waals surface area contributed by atoms with E-state index < -0.39 is 8.32 Å². The SMILES string of the molecule is CCCCCCCCCCCCCCCCCC[Si](OC)(C(C)C)C(C)C. The van der Waals surface area contributed by atoms with Crippen molar-refractivity contribution in [3.8, 4) is 0 Å². The number of hydrogen-bond acceptors (Lipinski definition) is 1. The molecule has 0 aliphatic carbocycles. The van der Waals surface area contributed by atoms with Crippen LogP contribution in [0.2, 0.25) is 17.1 Å². The van der Waals surface area contributed by atoms with Crippen molar-refractivity contribution in [3.05, 3.63) is 0 Å². The molecule has 0 N–H and O–H groups in total. The zero-order chi connectivity index (χ0) is 20.4. The van der Waals surface area contributed by atoms with Gasteiger partial charge in [-0.1, -0.05) is 137 Å². The quantitative estimate of drug-likeness (QED) is 0.146. The normalized spacial score (nSPS) is 12.4. The lowest BCUT2D eigenvalue weighted by molar-refractivity contribution is 0.367. The minimum atomic E-state index is -1.53. The molecule has 1 nitrogen and oxygen atoms in total. The highest BCUT2D eigenvalue weighted by Gasteiger charge is 2.40. The molecule has 0 amide bonds. The molecular weight excluding hydrogens is 344 g/mol. The summed E-state index contributed by atoms with van der Waals surface area (Å²) < 4.78 is 6.12. The largest absolute Gasteiger partial charge is 0.419 e. The van der Waals surface area contributed by atoms with Gasteiger partial charge in [0.2, 0.25) is 0 Å². The molecule has 0 aromatic heterocycles. The van der Waals surface area contributed by atoms with Crippen LogP contribution in [0.25, 0.3) is 0 Å². The summed E-state index contributed by atoms with van der Waals surface area (Å²) in [6, 6.07) is 1.36. The Balaban J connectivity index is 3.43. The van der Waals surface area contributed by atoms with E-state index in [1.165, 1.54) is 109 Å². The Labute approximate surface area is 174 Å². The van der Waals surface area contributed by atoms with Gasteiger partial charge in [-0.05, 0) is 17.1 Å². The third-order valence-corrected chi connectivity index (χ3v) is 12.6. The lowest BCUT2D eigenvalue weighted by Gasteiger charge is -2.37. The first-order chi connectivity index (χ1) is 13.0. The molecule has 0 saturated carbocycles. The van der Waals surface area contributed by atoms with E-state index in [9.17, 15) is 0 Å². The fourth-order valence-electron chi connectivity index (χ4n) is 4.77. The molecule has 0 fully saturated rings. The lowest BCUT2D eigenvalue weighted by Crippen LogP contribution is -2.43. The molecule has 164 valence electrons. The molecule has 0 atom stereocenters. The molecule has 0 bridgehead atoms. The maximum absolute atomic E-state index is 6.12. The second kappa shape index (κ2) is 18.2. The van der Waals surface area contributed by atoms with Gasteiger partial charge in [-0.3, -0.25) is 0 Å². The second-order valence-corrected chi connectivity index (χ2v) is 14.6. The van der Waals surface area contributed by atoms with Crippen molar-refractivity contribution in [1.29, 1.82) is 0 Å². The van der Waals surface area contributed by atoms with Gasteiger partial charge in [0.1, 0.15) is 0 Å². The van der Waals surface area contributed by atoms with Crippen molar-refractivity contribution in [3.63, 3.8) is 0 Å². The summed E-state index contributed by atoms with van der Waals surface area (Å²) in [6.45, 7) is 11.8. The molecule has 0 unspecified atom stereocenters. The second-order valence-electron chi connectivity index (χ2n) is 9.52. The number of unbranched alkanes of at least 4 members (excludes halogenated alkanes) is 15. The van der Waals surface area contributed by atoms with E-state index >= 15 is 0 Å². The summed E-state index contributed by atoms with van der Waals surface area (Å²) in [7, 11) is 0.440. The minimum Gasteiger partial charge on any atom is -0.419 e. The van der Waals surface area contributed by atoms with Gasteiger partial charge in [0.05, 0.1) is 0 Å². The predicted octanol–water partition coefficient (Wildman–Crippen LogP) is 9.66. The van der Waals surface area contributed by atoms with Crippen molar-refractivity contribution < 1.29 is 4.43 Å². The standard InChI is InChI=1S/C25H54OSi/c1-7-8-9-10-11-12-13-14-15-16-17-18-19-20-21-22-23-27(26-6,24(2)3)25(4)5/h24-25H,7-23H2,1-6H3. The summed E-state index contributed by atoms with van der Waals surface area (Å²) in [6.07, 6.45) is 23.2. The van der Waals surface area contributed by atoms with Gasteiger partial charge in [-0.2, -0.15) is 0 Å². The Bertz CT molecular complexity index is 293. The Kier molecular flexibility index (Phi) is 18.3. The van der Waals surface area contributed by atoms with E-state index in [1.54, 1.807) is 0 Å². The molecule has 27 heavy (non-hydrogen) atoms. The van der Waals surface area contributed by atoms with Gasteiger partial charge in [0.15, 0.2) is 8.32 Å². The maximum atomic E-state index is 6.12. The first-order valence-electron chi connectivity index (χ1n) is 12.6. The monoisotopic (exact) mass is 398 g/mol. The minimum absolute atomic E-state index is 0.735. The maximum Gasteiger partial charge on any atom is 0.197 e. The first-order valence-corrected chi connectivity index (χ1v) is 14.8. The van der Waals surface area contributed by atoms with Crippen LogP contribution in [0, 0.1) is 0 Å². The first kappa shape index (κ1) is 27.2. The topological polar surface area (TPSA) is 9.23 Å². The van der Waals surface area contributed by atoms with Crippen LogP contribution in [0.4, 0.5) is 0 Å². The van der Waals surface area contributed by atoms with Gasteiger partial charge in [0.25, 0.3) is 0 Å². The molecule has 0 aromatic carbocycles. The average molecular weight is 399 g/mol. The van der Waals surface area contributed by atoms with Crippen LogP contribution >= 0.6 is 0 Å². The van der Waals surface area contributed by atoms with Gasteiger partial charge in [-0.25, -0.2) is 0 Å². The summed E-state index contributed by atoms with van der Waals surface area (Å²) in [5.41, 5.74) is 1.47. The highest BCUT2D eigenvalue weighted by atomic mass is 28.4. The van der Waals surface area contributed by atoms with E-state index in [2.05, 4.69) is 34.6 Å². The molecule has 0 aliphatic heterocycles. The van der Waals surface area contributed by atoms with Crippen molar-refractivity contribution in [2.75, 3.05) is 7.11 Å². The van der Waals surface area contributed by atoms with Crippen molar-refractivity contribution >= 4 is 8.32 Å². The van der Waals surface area contributed by atoms with Crippen LogP contribution in [0.15, 0.2) is 0 Å². The van der Waals surface area contributed by atoms with Gasteiger partial charge in [0, 0.05) is 7.11 Å². The summed E-state index contributed by atoms with van der Waals surface area (Å²) >= 11 is 0. The fourth-order valence-corrected chi connectivity index (χ4v) is 9.20. The van der Waals surface area contributed by atoms with E-state index in [4.69, 9.17) is 4.43 Å². The predicted molar refractivity (Wildman–Crippen MR) is 127 cm³/mol. The Hall–Kier alpha value is 0.177. The van der Waals surface area contributed by atoms with Gasteiger partial charge < -0.3 is 4.43 Å². The Morgan fingerprint density at radius 1 is 0.519 bits per heavy atom. The fraction of sp³-hybridized carbons (Fsp3) is 1.00. The molecule has 0 rings (SSSR count). The smallest absolute Gasteiger partial charge is 0.197 e. The molecule has 0 heterocycles. The van der Waals surface area contributed by atoms with Crippen LogP contribution < -0.4 is 0 Å². The average Bonchev–Trinajstić information content (AvgIpc) is 2.64. The van der Waals surface area contributed by atoms with Gasteiger partial charge >= 0.3 is 0 Å². The highest BCUT2D eigenvalue weighted by molar-refractivity contribution is 6.76. The van der Waals surface area contributed by atoms with E-state index in [1.807, 2.05) is 7.11 Å². The van der Waals surface area contributed by atoms with Crippen molar-refractivity contribution in [1.82, 2.24) is 0 Å². The van der Waals surface area contributed by atoms with Crippen LogP contribution in [0.3, 0.4) is 0 Å². The molecule has 0 radical (unpaired) electrons.